The summed E-state index contributed by atoms with van der Waals surface area (Å²) in [5, 5.41) is 14.5. The summed E-state index contributed by atoms with van der Waals surface area (Å²) in [6, 6.07) is 15.4. The largest absolute Gasteiger partial charge is 0.398 e. The predicted molar refractivity (Wildman–Crippen MR) is 80.6 cm³/mol. The maximum Gasteiger partial charge on any atom is 0.101 e. The van der Waals surface area contributed by atoms with Crippen molar-refractivity contribution in [1.29, 1.82) is 5.26 Å². The van der Waals surface area contributed by atoms with E-state index in [0.29, 0.717) is 11.3 Å². The van der Waals surface area contributed by atoms with Crippen LogP contribution in [0.4, 0.5) is 17.1 Å². The number of benzene rings is 2. The maximum absolute atomic E-state index is 9.01. The Labute approximate surface area is 116 Å². The van der Waals surface area contributed by atoms with E-state index >= 15 is 0 Å². The number of nitrogen functional groups attached to an aromatic ring is 1. The minimum atomic E-state index is 0.466. The Kier molecular flexibility index (Phi) is 2.94. The minimum Gasteiger partial charge on any atom is -0.398 e. The third kappa shape index (κ3) is 2.13. The third-order valence-electron chi connectivity index (χ3n) is 3.14. The first-order chi connectivity index (χ1) is 9.78. The highest BCUT2D eigenvalue weighted by molar-refractivity contribution is 5.94. The summed E-state index contributed by atoms with van der Waals surface area (Å²) in [5.74, 6) is 0. The summed E-state index contributed by atoms with van der Waals surface area (Å²) >= 11 is 0. The van der Waals surface area contributed by atoms with E-state index in [4.69, 9.17) is 11.0 Å². The van der Waals surface area contributed by atoms with Gasteiger partial charge in [0.2, 0.25) is 0 Å². The summed E-state index contributed by atoms with van der Waals surface area (Å²) in [4.78, 5) is 4.15. The molecule has 0 aliphatic rings. The van der Waals surface area contributed by atoms with E-state index in [1.54, 1.807) is 18.3 Å². The molecule has 3 N–H and O–H groups in total. The monoisotopic (exact) mass is 260 g/mol. The Hall–Kier alpha value is -3.06. The molecule has 3 aromatic rings. The minimum absolute atomic E-state index is 0.466. The van der Waals surface area contributed by atoms with Crippen molar-refractivity contribution in [2.24, 2.45) is 0 Å². The van der Waals surface area contributed by atoms with Crippen molar-refractivity contribution in [2.45, 2.75) is 0 Å². The second-order valence-electron chi connectivity index (χ2n) is 4.44. The van der Waals surface area contributed by atoms with Crippen molar-refractivity contribution in [2.75, 3.05) is 11.1 Å². The lowest BCUT2D eigenvalue weighted by atomic mass is 10.1. The number of nitrogens with one attached hydrogen (secondary N) is 1. The molecule has 4 nitrogen and oxygen atoms in total. The quantitative estimate of drug-likeness (QED) is 0.692. The number of fused-ring (bicyclic) bond motifs is 1. The molecule has 0 spiro atoms. The van der Waals surface area contributed by atoms with Crippen LogP contribution in [0.5, 0.6) is 0 Å². The van der Waals surface area contributed by atoms with Crippen molar-refractivity contribution in [1.82, 2.24) is 4.98 Å². The molecule has 20 heavy (non-hydrogen) atoms. The first-order valence-electron chi connectivity index (χ1n) is 6.17. The second-order valence-corrected chi connectivity index (χ2v) is 4.44. The molecule has 0 aliphatic heterocycles. The van der Waals surface area contributed by atoms with Gasteiger partial charge in [-0.2, -0.15) is 5.26 Å². The Morgan fingerprint density at radius 1 is 1.15 bits per heavy atom. The van der Waals surface area contributed by atoms with Crippen LogP contribution in [0.25, 0.3) is 10.8 Å². The average molecular weight is 260 g/mol. The van der Waals surface area contributed by atoms with Gasteiger partial charge in [0, 0.05) is 34.8 Å². The van der Waals surface area contributed by atoms with Crippen LogP contribution in [-0.4, -0.2) is 4.98 Å². The normalized spacial score (nSPS) is 10.2. The topological polar surface area (TPSA) is 74.7 Å². The van der Waals surface area contributed by atoms with Crippen LogP contribution in [0, 0.1) is 11.3 Å². The van der Waals surface area contributed by atoms with E-state index in [-0.39, 0.29) is 0 Å². The molecular formula is C16H12N4. The average Bonchev–Trinajstić information content (AvgIpc) is 2.49. The summed E-state index contributed by atoms with van der Waals surface area (Å²) in [5.41, 5.74) is 8.45. The smallest absolute Gasteiger partial charge is 0.101 e. The van der Waals surface area contributed by atoms with Gasteiger partial charge in [-0.15, -0.1) is 0 Å². The van der Waals surface area contributed by atoms with Crippen molar-refractivity contribution in [3.8, 4) is 6.07 Å². The fourth-order valence-electron chi connectivity index (χ4n) is 2.11. The third-order valence-corrected chi connectivity index (χ3v) is 3.14. The van der Waals surface area contributed by atoms with Crippen LogP contribution >= 0.6 is 0 Å². The van der Waals surface area contributed by atoms with Gasteiger partial charge in [0.25, 0.3) is 0 Å². The fraction of sp³-hybridized carbons (Fsp3) is 0. The molecule has 0 saturated carbocycles. The first-order valence-corrected chi connectivity index (χ1v) is 6.17. The van der Waals surface area contributed by atoms with Gasteiger partial charge in [-0.1, -0.05) is 12.1 Å². The molecule has 0 aliphatic carbocycles. The number of pyridine rings is 1. The zero-order chi connectivity index (χ0) is 13.9. The Morgan fingerprint density at radius 3 is 2.90 bits per heavy atom. The number of aromatic nitrogens is 1. The number of rotatable bonds is 2. The van der Waals surface area contributed by atoms with Crippen LogP contribution in [-0.2, 0) is 0 Å². The van der Waals surface area contributed by atoms with E-state index in [0.717, 1.165) is 22.1 Å². The summed E-state index contributed by atoms with van der Waals surface area (Å²) in [6.07, 6.45) is 3.59. The van der Waals surface area contributed by atoms with Gasteiger partial charge in [0.15, 0.2) is 0 Å². The van der Waals surface area contributed by atoms with E-state index in [1.165, 1.54) is 0 Å². The second kappa shape index (κ2) is 4.90. The lowest BCUT2D eigenvalue weighted by Crippen LogP contribution is -1.95. The lowest BCUT2D eigenvalue weighted by molar-refractivity contribution is 1.36. The van der Waals surface area contributed by atoms with Crippen LogP contribution < -0.4 is 11.1 Å². The molecule has 0 fully saturated rings. The van der Waals surface area contributed by atoms with Gasteiger partial charge in [0.05, 0.1) is 5.56 Å². The number of nitrogens with zero attached hydrogens (tertiary/aromatic N) is 2. The van der Waals surface area contributed by atoms with Gasteiger partial charge < -0.3 is 11.1 Å². The van der Waals surface area contributed by atoms with Crippen molar-refractivity contribution >= 4 is 27.8 Å². The summed E-state index contributed by atoms with van der Waals surface area (Å²) in [6.45, 7) is 0. The number of hydrogen-bond donors (Lipinski definition) is 2. The molecule has 96 valence electrons. The lowest BCUT2D eigenvalue weighted by Gasteiger charge is -2.10. The number of nitriles is 1. The van der Waals surface area contributed by atoms with Gasteiger partial charge in [-0.05, 0) is 35.7 Å². The van der Waals surface area contributed by atoms with Gasteiger partial charge in [0.1, 0.15) is 6.07 Å². The molecule has 2 aromatic carbocycles. The Morgan fingerprint density at radius 2 is 2.05 bits per heavy atom. The molecule has 0 unspecified atom stereocenters. The molecule has 1 aromatic heterocycles. The van der Waals surface area contributed by atoms with Crippen LogP contribution in [0.3, 0.4) is 0 Å². The van der Waals surface area contributed by atoms with Crippen LogP contribution in [0.15, 0.2) is 54.9 Å². The standard InChI is InChI=1S/C16H12N4/c17-9-12-8-13(4-5-15(12)18)20-16-3-1-2-11-6-7-19-10-14(11)16/h1-8,10,20H,18H2. The molecule has 0 saturated heterocycles. The molecule has 0 radical (unpaired) electrons. The van der Waals surface area contributed by atoms with E-state index in [9.17, 15) is 0 Å². The summed E-state index contributed by atoms with van der Waals surface area (Å²) < 4.78 is 0. The van der Waals surface area contributed by atoms with Crippen molar-refractivity contribution in [3.05, 3.63) is 60.4 Å². The summed E-state index contributed by atoms with van der Waals surface area (Å²) in [7, 11) is 0. The fourth-order valence-corrected chi connectivity index (χ4v) is 2.11. The molecule has 3 rings (SSSR count). The zero-order valence-electron chi connectivity index (χ0n) is 10.7. The molecular weight excluding hydrogens is 248 g/mol. The van der Waals surface area contributed by atoms with Gasteiger partial charge >= 0.3 is 0 Å². The molecule has 0 amide bonds. The van der Waals surface area contributed by atoms with E-state index < -0.39 is 0 Å². The highest BCUT2D eigenvalue weighted by Crippen LogP contribution is 2.27. The number of anilines is 3. The zero-order valence-corrected chi connectivity index (χ0v) is 10.7. The van der Waals surface area contributed by atoms with E-state index in [1.807, 2.05) is 36.5 Å². The van der Waals surface area contributed by atoms with Crippen molar-refractivity contribution in [3.63, 3.8) is 0 Å². The van der Waals surface area contributed by atoms with Gasteiger partial charge in [-0.25, -0.2) is 0 Å². The maximum atomic E-state index is 9.01. The molecule has 0 atom stereocenters. The number of nitrogens with two attached hydrogens (primary N) is 1. The first kappa shape index (κ1) is 12.0. The van der Waals surface area contributed by atoms with Crippen LogP contribution in [0.2, 0.25) is 0 Å². The number of hydrogen-bond acceptors (Lipinski definition) is 4. The Bertz CT molecular complexity index is 813. The SMILES string of the molecule is N#Cc1cc(Nc2cccc3ccncc23)ccc1N. The van der Waals surface area contributed by atoms with Crippen molar-refractivity contribution < 1.29 is 0 Å². The predicted octanol–water partition coefficient (Wildman–Crippen LogP) is 3.43. The van der Waals surface area contributed by atoms with Crippen LogP contribution in [0.1, 0.15) is 5.56 Å². The van der Waals surface area contributed by atoms with E-state index in [2.05, 4.69) is 16.4 Å². The van der Waals surface area contributed by atoms with Gasteiger partial charge in [-0.3, -0.25) is 4.98 Å². The molecule has 4 heteroatoms. The molecule has 0 bridgehead atoms. The Balaban J connectivity index is 2.04. The highest BCUT2D eigenvalue weighted by Gasteiger charge is 2.03. The highest BCUT2D eigenvalue weighted by atomic mass is 14.9. The molecule has 1 heterocycles.